The Morgan fingerprint density at radius 3 is 2.60 bits per heavy atom. The van der Waals surface area contributed by atoms with Gasteiger partial charge in [0.05, 0.1) is 47.2 Å². The minimum atomic E-state index is -1.07. The van der Waals surface area contributed by atoms with Gasteiger partial charge in [-0.05, 0) is 63.6 Å². The lowest BCUT2D eigenvalue weighted by Gasteiger charge is -2.25. The van der Waals surface area contributed by atoms with Crippen LogP contribution in [0.15, 0.2) is 80.1 Å². The maximum Gasteiger partial charge on any atom is 0.338 e. The number of allylic oxidation sites excluding steroid dienone is 1. The Morgan fingerprint density at radius 2 is 1.91 bits per heavy atom. The maximum absolute atomic E-state index is 14.0. The summed E-state index contributed by atoms with van der Waals surface area (Å²) in [6.45, 7) is 7.39. The largest absolute Gasteiger partial charge is 0.493 e. The molecule has 4 aromatic rings. The number of carbonyl (C=O) groups excluding carboxylic acids is 1. The van der Waals surface area contributed by atoms with E-state index in [9.17, 15) is 19.5 Å². The molecule has 10 nitrogen and oxygen atoms in total. The van der Waals surface area contributed by atoms with E-state index in [1.54, 1.807) is 68.5 Å². The third-order valence-electron chi connectivity index (χ3n) is 6.71. The quantitative estimate of drug-likeness (QED) is 0.276. The van der Waals surface area contributed by atoms with Crippen molar-refractivity contribution in [2.75, 3.05) is 13.7 Å². The smallest absolute Gasteiger partial charge is 0.338 e. The molecule has 0 fully saturated rings. The third kappa shape index (κ3) is 5.76. The van der Waals surface area contributed by atoms with Crippen molar-refractivity contribution in [2.24, 2.45) is 4.99 Å². The Kier molecular flexibility index (Phi) is 8.36. The number of carboxylic acid groups (broad SMARTS) is 1. The summed E-state index contributed by atoms with van der Waals surface area (Å²) in [6, 6.07) is 14.3. The van der Waals surface area contributed by atoms with E-state index in [1.807, 2.05) is 13.8 Å². The molecule has 1 aliphatic heterocycles. The lowest BCUT2D eigenvalue weighted by molar-refractivity contribution is -0.139. The summed E-state index contributed by atoms with van der Waals surface area (Å²) in [6.07, 6.45) is 1.49. The van der Waals surface area contributed by atoms with Gasteiger partial charge in [-0.15, -0.1) is 0 Å². The average molecular weight is 603 g/mol. The molecule has 1 aliphatic rings. The van der Waals surface area contributed by atoms with Crippen molar-refractivity contribution in [3.8, 4) is 22.8 Å². The fraction of sp³-hybridized carbons (Fsp3) is 0.250. The molecule has 0 saturated carbocycles. The van der Waals surface area contributed by atoms with E-state index in [0.29, 0.717) is 49.2 Å². The summed E-state index contributed by atoms with van der Waals surface area (Å²) in [7, 11) is 1.53. The van der Waals surface area contributed by atoms with Crippen molar-refractivity contribution >= 4 is 29.4 Å². The van der Waals surface area contributed by atoms with Crippen LogP contribution < -0.4 is 24.4 Å². The number of aromatic carboxylic acids is 1. The van der Waals surface area contributed by atoms with Crippen LogP contribution in [0.3, 0.4) is 0 Å². The molecule has 0 radical (unpaired) electrons. The van der Waals surface area contributed by atoms with E-state index in [2.05, 4.69) is 4.99 Å². The molecule has 2 aromatic carbocycles. The number of hydrogen-bond acceptors (Lipinski definition) is 9. The molecule has 222 valence electrons. The van der Waals surface area contributed by atoms with Crippen LogP contribution >= 0.6 is 11.3 Å². The number of nitrogens with zero attached hydrogens (tertiary/aromatic N) is 2. The minimum absolute atomic E-state index is 0.0885. The molecule has 0 unspecified atom stereocenters. The molecular weight excluding hydrogens is 572 g/mol. The highest BCUT2D eigenvalue weighted by atomic mass is 32.1. The molecule has 0 aliphatic carbocycles. The maximum atomic E-state index is 14.0. The van der Waals surface area contributed by atoms with Crippen LogP contribution in [0.4, 0.5) is 0 Å². The number of esters is 1. The van der Waals surface area contributed by atoms with Gasteiger partial charge in [-0.2, -0.15) is 0 Å². The second-order valence-corrected chi connectivity index (χ2v) is 10.9. The zero-order valence-electron chi connectivity index (χ0n) is 24.2. The summed E-state index contributed by atoms with van der Waals surface area (Å²) in [4.78, 5) is 43.9. The highest BCUT2D eigenvalue weighted by Gasteiger charge is 2.34. The number of benzene rings is 2. The molecule has 5 rings (SSSR count). The first-order valence-corrected chi connectivity index (χ1v) is 14.4. The Hall–Kier alpha value is -4.90. The number of fused-ring (bicyclic) bond motifs is 1. The number of carboxylic acids is 1. The highest BCUT2D eigenvalue weighted by molar-refractivity contribution is 7.07. The van der Waals surface area contributed by atoms with Crippen molar-refractivity contribution in [3.63, 3.8) is 0 Å². The standard InChI is InChI=1S/C32H30N2O8S/c1-6-40-31(38)27-18(4)33-32-34(28(27)19-11-13-24(41-17(2)3)25(15-19)39-5)29(35)26(43-32)16-20-12-14-23(42-20)21-9-7-8-10-22(21)30(36)37/h7-17,28H,6H2,1-5H3,(H,36,37)/b26-16-/t28-/m1/s1. The summed E-state index contributed by atoms with van der Waals surface area (Å²) >= 11 is 1.15. The summed E-state index contributed by atoms with van der Waals surface area (Å²) < 4.78 is 24.6. The molecule has 0 amide bonds. The Labute approximate surface area is 250 Å². The van der Waals surface area contributed by atoms with Gasteiger partial charge in [-0.3, -0.25) is 9.36 Å². The molecular formula is C32H30N2O8S. The Balaban J connectivity index is 1.65. The van der Waals surface area contributed by atoms with Crippen LogP contribution in [-0.2, 0) is 9.53 Å². The molecule has 3 heterocycles. The molecule has 0 spiro atoms. The lowest BCUT2D eigenvalue weighted by atomic mass is 9.95. The van der Waals surface area contributed by atoms with Crippen LogP contribution in [0.2, 0.25) is 0 Å². The van der Waals surface area contributed by atoms with Crippen molar-refractivity contribution in [1.29, 1.82) is 0 Å². The van der Waals surface area contributed by atoms with E-state index in [0.717, 1.165) is 11.3 Å². The van der Waals surface area contributed by atoms with Crippen molar-refractivity contribution in [1.82, 2.24) is 4.57 Å². The molecule has 43 heavy (non-hydrogen) atoms. The number of hydrogen-bond donors (Lipinski definition) is 1. The molecule has 1 atom stereocenters. The molecule has 0 saturated heterocycles. The Bertz CT molecular complexity index is 1930. The van der Waals surface area contributed by atoms with Crippen molar-refractivity contribution in [3.05, 3.63) is 102 Å². The number of rotatable bonds is 9. The number of aromatic nitrogens is 1. The van der Waals surface area contributed by atoms with E-state index >= 15 is 0 Å². The average Bonchev–Trinajstić information content (AvgIpc) is 3.56. The summed E-state index contributed by atoms with van der Waals surface area (Å²) in [5.41, 5.74) is 1.43. The van der Waals surface area contributed by atoms with E-state index < -0.39 is 18.0 Å². The third-order valence-corrected chi connectivity index (χ3v) is 7.69. The lowest BCUT2D eigenvalue weighted by Crippen LogP contribution is -2.40. The SMILES string of the molecule is CCOC(=O)C1=C(C)N=c2s/c(=C\c3ccc(-c4ccccc4C(=O)O)o3)c(=O)n2[C@@H]1c1ccc(OC(C)C)c(OC)c1. The van der Waals surface area contributed by atoms with Gasteiger partial charge in [-0.1, -0.05) is 35.6 Å². The molecule has 1 N–H and O–H groups in total. The van der Waals surface area contributed by atoms with Gasteiger partial charge in [0.1, 0.15) is 11.5 Å². The van der Waals surface area contributed by atoms with Gasteiger partial charge in [-0.25, -0.2) is 14.6 Å². The van der Waals surface area contributed by atoms with Crippen molar-refractivity contribution < 1.29 is 33.3 Å². The minimum Gasteiger partial charge on any atom is -0.493 e. The topological polar surface area (TPSA) is 130 Å². The number of thiazole rings is 1. The monoisotopic (exact) mass is 602 g/mol. The fourth-order valence-electron chi connectivity index (χ4n) is 4.90. The van der Waals surface area contributed by atoms with E-state index in [1.165, 1.54) is 17.7 Å². The zero-order valence-corrected chi connectivity index (χ0v) is 25.1. The normalized spacial score (nSPS) is 14.8. The first-order chi connectivity index (χ1) is 20.6. The van der Waals surface area contributed by atoms with Crippen LogP contribution in [0.1, 0.15) is 55.4 Å². The molecule has 0 bridgehead atoms. The van der Waals surface area contributed by atoms with Crippen LogP contribution in [0.25, 0.3) is 17.4 Å². The Morgan fingerprint density at radius 1 is 1.14 bits per heavy atom. The van der Waals surface area contributed by atoms with Gasteiger partial charge in [0.25, 0.3) is 5.56 Å². The molecule has 2 aromatic heterocycles. The number of ether oxygens (including phenoxy) is 3. The number of furan rings is 1. The second-order valence-electron chi connectivity index (χ2n) is 9.93. The van der Waals surface area contributed by atoms with Crippen LogP contribution in [-0.4, -0.2) is 41.4 Å². The summed E-state index contributed by atoms with van der Waals surface area (Å²) in [5.74, 6) is 0.0507. The predicted molar refractivity (Wildman–Crippen MR) is 160 cm³/mol. The van der Waals surface area contributed by atoms with E-state index in [-0.39, 0.29) is 29.4 Å². The van der Waals surface area contributed by atoms with Gasteiger partial charge >= 0.3 is 11.9 Å². The van der Waals surface area contributed by atoms with Gasteiger partial charge < -0.3 is 23.7 Å². The van der Waals surface area contributed by atoms with E-state index in [4.69, 9.17) is 18.6 Å². The number of methoxy groups -OCH3 is 1. The first-order valence-electron chi connectivity index (χ1n) is 13.6. The van der Waals surface area contributed by atoms with Gasteiger partial charge in [0.2, 0.25) is 0 Å². The molecule has 11 heteroatoms. The van der Waals surface area contributed by atoms with Crippen LogP contribution in [0, 0.1) is 0 Å². The first kappa shape index (κ1) is 29.6. The van der Waals surface area contributed by atoms with Crippen LogP contribution in [0.5, 0.6) is 11.5 Å². The number of carbonyl (C=O) groups is 2. The summed E-state index contributed by atoms with van der Waals surface area (Å²) in [5, 5.41) is 9.57. The fourth-order valence-corrected chi connectivity index (χ4v) is 5.93. The van der Waals surface area contributed by atoms with Gasteiger partial charge in [0, 0.05) is 11.6 Å². The zero-order chi connectivity index (χ0) is 30.8. The van der Waals surface area contributed by atoms with Gasteiger partial charge in [0.15, 0.2) is 16.3 Å². The van der Waals surface area contributed by atoms with Crippen molar-refractivity contribution in [2.45, 2.75) is 39.8 Å². The second kappa shape index (κ2) is 12.1. The highest BCUT2D eigenvalue weighted by Crippen LogP contribution is 2.36. The predicted octanol–water partition coefficient (Wildman–Crippen LogP) is 4.55.